The van der Waals surface area contributed by atoms with Crippen LogP contribution in [0.25, 0.3) is 10.8 Å². The van der Waals surface area contributed by atoms with Crippen LogP contribution in [0.15, 0.2) is 60.2 Å². The van der Waals surface area contributed by atoms with Gasteiger partial charge in [-0.3, -0.25) is 0 Å². The van der Waals surface area contributed by atoms with Crippen molar-refractivity contribution in [2.24, 2.45) is 0 Å². The first-order valence-electron chi connectivity index (χ1n) is 9.13. The van der Waals surface area contributed by atoms with Gasteiger partial charge in [0.15, 0.2) is 0 Å². The van der Waals surface area contributed by atoms with Gasteiger partial charge in [0.1, 0.15) is 0 Å². The van der Waals surface area contributed by atoms with Crippen molar-refractivity contribution in [3.63, 3.8) is 0 Å². The first kappa shape index (κ1) is 17.9. The molecule has 0 spiro atoms. The van der Waals surface area contributed by atoms with E-state index in [1.165, 1.54) is 27.5 Å². The number of nitrogens with zero attached hydrogens (tertiary/aromatic N) is 1. The Bertz CT molecular complexity index is 806. The molecule has 132 valence electrons. The lowest BCUT2D eigenvalue weighted by Crippen LogP contribution is -2.35. The predicted molar refractivity (Wildman–Crippen MR) is 109 cm³/mol. The first-order chi connectivity index (χ1) is 11.8. The van der Waals surface area contributed by atoms with E-state index in [-0.39, 0.29) is 5.54 Å². The van der Waals surface area contributed by atoms with Gasteiger partial charge >= 0.3 is 0 Å². The van der Waals surface area contributed by atoms with E-state index < -0.39 is 0 Å². The summed E-state index contributed by atoms with van der Waals surface area (Å²) < 4.78 is 0. The zero-order valence-corrected chi connectivity index (χ0v) is 16.1. The average molecular weight is 335 g/mol. The molecule has 2 heteroatoms. The van der Waals surface area contributed by atoms with Crippen molar-refractivity contribution in [3.8, 4) is 0 Å². The summed E-state index contributed by atoms with van der Waals surface area (Å²) in [6, 6.07) is 13.3. The second kappa shape index (κ2) is 7.15. The summed E-state index contributed by atoms with van der Waals surface area (Å²) in [4.78, 5) is 2.25. The molecular formula is C23H30N2. The number of hydrogen-bond donors (Lipinski definition) is 1. The standard InChI is InChI=1S/C23H30N2/c1-23(2,3)24-15-22-19-11-7-6-9-17(19)13-14-21(22)20-12-8-10-18(20)16-25(4)5/h6-14,20,24H,15-16H2,1-5H3. The lowest BCUT2D eigenvalue weighted by molar-refractivity contribution is 0.423. The average Bonchev–Trinajstić information content (AvgIpc) is 2.98. The van der Waals surface area contributed by atoms with Crippen molar-refractivity contribution in [2.45, 2.75) is 38.8 Å². The van der Waals surface area contributed by atoms with Crippen molar-refractivity contribution in [1.29, 1.82) is 0 Å². The van der Waals surface area contributed by atoms with Crippen molar-refractivity contribution in [1.82, 2.24) is 10.2 Å². The molecule has 1 aliphatic rings. The van der Waals surface area contributed by atoms with Crippen molar-refractivity contribution < 1.29 is 0 Å². The molecule has 1 atom stereocenters. The Morgan fingerprint density at radius 3 is 2.52 bits per heavy atom. The lowest BCUT2D eigenvalue weighted by atomic mass is 9.86. The highest BCUT2D eigenvalue weighted by molar-refractivity contribution is 5.87. The highest BCUT2D eigenvalue weighted by atomic mass is 15.0. The Balaban J connectivity index is 2.05. The Kier molecular flexibility index (Phi) is 5.12. The van der Waals surface area contributed by atoms with Crippen LogP contribution >= 0.6 is 0 Å². The fraction of sp³-hybridized carbons (Fsp3) is 0.391. The molecule has 1 N–H and O–H groups in total. The molecule has 25 heavy (non-hydrogen) atoms. The van der Waals surface area contributed by atoms with E-state index in [4.69, 9.17) is 0 Å². The Hall–Kier alpha value is -1.90. The number of rotatable bonds is 5. The Labute approximate surface area is 152 Å². The van der Waals surface area contributed by atoms with E-state index in [9.17, 15) is 0 Å². The van der Waals surface area contributed by atoms with Gasteiger partial charge in [-0.05, 0) is 62.3 Å². The van der Waals surface area contributed by atoms with Crippen LogP contribution in [0.1, 0.15) is 37.8 Å². The van der Waals surface area contributed by atoms with E-state index in [0.29, 0.717) is 5.92 Å². The third kappa shape index (κ3) is 4.20. The van der Waals surface area contributed by atoms with E-state index in [1.807, 2.05) is 0 Å². The van der Waals surface area contributed by atoms with Crippen LogP contribution in [0.4, 0.5) is 0 Å². The monoisotopic (exact) mass is 334 g/mol. The second-order valence-corrected chi connectivity index (χ2v) is 8.30. The molecule has 2 aromatic rings. The molecule has 0 radical (unpaired) electrons. The third-order valence-electron chi connectivity index (χ3n) is 4.72. The van der Waals surface area contributed by atoms with Crippen LogP contribution in [0, 0.1) is 0 Å². The predicted octanol–water partition coefficient (Wildman–Crippen LogP) is 4.87. The van der Waals surface area contributed by atoms with Crippen molar-refractivity contribution >= 4 is 10.8 Å². The number of benzene rings is 2. The molecule has 0 saturated carbocycles. The minimum Gasteiger partial charge on any atom is -0.308 e. The Morgan fingerprint density at radius 2 is 1.80 bits per heavy atom. The maximum absolute atomic E-state index is 3.70. The molecule has 0 heterocycles. The first-order valence-corrected chi connectivity index (χ1v) is 9.13. The fourth-order valence-electron chi connectivity index (χ4n) is 3.53. The number of fused-ring (bicyclic) bond motifs is 1. The minimum atomic E-state index is 0.0992. The third-order valence-corrected chi connectivity index (χ3v) is 4.72. The zero-order valence-electron chi connectivity index (χ0n) is 16.1. The van der Waals surface area contributed by atoms with Crippen molar-refractivity contribution in [3.05, 3.63) is 71.3 Å². The molecule has 0 amide bonds. The molecule has 2 nitrogen and oxygen atoms in total. The lowest BCUT2D eigenvalue weighted by Gasteiger charge is -2.25. The van der Waals surface area contributed by atoms with Gasteiger partial charge in [-0.2, -0.15) is 0 Å². The van der Waals surface area contributed by atoms with Crippen molar-refractivity contribution in [2.75, 3.05) is 20.6 Å². The summed E-state index contributed by atoms with van der Waals surface area (Å²) in [7, 11) is 4.28. The van der Waals surface area contributed by atoms with Crippen LogP contribution in [0.3, 0.4) is 0 Å². The number of nitrogens with one attached hydrogen (secondary N) is 1. The molecule has 1 unspecified atom stereocenters. The number of allylic oxidation sites excluding steroid dienone is 3. The van der Waals surface area contributed by atoms with Crippen LogP contribution < -0.4 is 5.32 Å². The van der Waals surface area contributed by atoms with Gasteiger partial charge in [-0.15, -0.1) is 0 Å². The van der Waals surface area contributed by atoms with E-state index in [1.54, 1.807) is 0 Å². The fourth-order valence-corrected chi connectivity index (χ4v) is 3.53. The maximum atomic E-state index is 3.70. The summed E-state index contributed by atoms with van der Waals surface area (Å²) in [5.74, 6) is 0.378. The summed E-state index contributed by atoms with van der Waals surface area (Å²) in [6.45, 7) is 8.57. The van der Waals surface area contributed by atoms with Crippen LogP contribution in [0.2, 0.25) is 0 Å². The molecule has 0 fully saturated rings. The molecule has 0 aliphatic heterocycles. The molecule has 1 aliphatic carbocycles. The van der Waals surface area contributed by atoms with Crippen LogP contribution in [-0.4, -0.2) is 31.1 Å². The van der Waals surface area contributed by atoms with Gasteiger partial charge in [0.2, 0.25) is 0 Å². The highest BCUT2D eigenvalue weighted by Gasteiger charge is 2.22. The topological polar surface area (TPSA) is 15.3 Å². The number of hydrogen-bond acceptors (Lipinski definition) is 2. The van der Waals surface area contributed by atoms with Crippen LogP contribution in [-0.2, 0) is 6.54 Å². The molecule has 3 rings (SSSR count). The van der Waals surface area contributed by atoms with E-state index in [0.717, 1.165) is 13.1 Å². The summed E-state index contributed by atoms with van der Waals surface area (Å²) >= 11 is 0. The van der Waals surface area contributed by atoms with Gasteiger partial charge in [0.05, 0.1) is 0 Å². The molecule has 0 bridgehead atoms. The Morgan fingerprint density at radius 1 is 1.04 bits per heavy atom. The largest absolute Gasteiger partial charge is 0.308 e. The molecule has 0 saturated heterocycles. The van der Waals surface area contributed by atoms with Crippen LogP contribution in [0.5, 0.6) is 0 Å². The molecule has 2 aromatic carbocycles. The zero-order chi connectivity index (χ0) is 18.0. The number of likely N-dealkylation sites (N-methyl/N-ethyl adjacent to an activating group) is 1. The minimum absolute atomic E-state index is 0.0992. The molecule has 0 aromatic heterocycles. The highest BCUT2D eigenvalue weighted by Crippen LogP contribution is 2.36. The second-order valence-electron chi connectivity index (χ2n) is 8.30. The SMILES string of the molecule is CN(C)CC1=CC=CC1c1ccc2ccccc2c1CNC(C)(C)C. The van der Waals surface area contributed by atoms with Gasteiger partial charge in [-0.25, -0.2) is 0 Å². The summed E-state index contributed by atoms with van der Waals surface area (Å²) in [5.41, 5.74) is 4.42. The van der Waals surface area contributed by atoms with Gasteiger partial charge < -0.3 is 10.2 Å². The van der Waals surface area contributed by atoms with Gasteiger partial charge in [0.25, 0.3) is 0 Å². The van der Waals surface area contributed by atoms with Gasteiger partial charge in [-0.1, -0.05) is 54.6 Å². The normalized spacial score (nSPS) is 17.5. The summed E-state index contributed by atoms with van der Waals surface area (Å²) in [6.07, 6.45) is 6.82. The molecular weight excluding hydrogens is 304 g/mol. The quantitative estimate of drug-likeness (QED) is 0.839. The summed E-state index contributed by atoms with van der Waals surface area (Å²) in [5, 5.41) is 6.37. The van der Waals surface area contributed by atoms with Gasteiger partial charge in [0, 0.05) is 24.5 Å². The smallest absolute Gasteiger partial charge is 0.0250 e. The van der Waals surface area contributed by atoms with E-state index in [2.05, 4.69) is 99.7 Å². The van der Waals surface area contributed by atoms with E-state index >= 15 is 0 Å². The maximum Gasteiger partial charge on any atom is 0.0250 e.